The predicted octanol–water partition coefficient (Wildman–Crippen LogP) is 5.01. The number of carbonyl (C=O) groups excluding carboxylic acids is 1. The SMILES string of the molecule is O=C(Cc1cccc2ccccc12)Nc1ccc(-c2nnc3n2CCCCC3)cc1. The molecule has 0 atom stereocenters. The van der Waals surface area contributed by atoms with Crippen LogP contribution in [0.25, 0.3) is 22.2 Å². The van der Waals surface area contributed by atoms with E-state index < -0.39 is 0 Å². The van der Waals surface area contributed by atoms with E-state index in [4.69, 9.17) is 0 Å². The summed E-state index contributed by atoms with van der Waals surface area (Å²) in [6.07, 6.45) is 4.93. The van der Waals surface area contributed by atoms with E-state index in [9.17, 15) is 4.79 Å². The molecule has 0 spiro atoms. The molecule has 1 aromatic heterocycles. The van der Waals surface area contributed by atoms with Gasteiger partial charge in [-0.3, -0.25) is 4.79 Å². The number of fused-ring (bicyclic) bond motifs is 2. The highest BCUT2D eigenvalue weighted by atomic mass is 16.1. The van der Waals surface area contributed by atoms with Crippen LogP contribution in [0.4, 0.5) is 5.69 Å². The second-order valence-corrected chi connectivity index (χ2v) is 7.84. The molecule has 1 N–H and O–H groups in total. The number of nitrogens with one attached hydrogen (secondary N) is 1. The first-order chi connectivity index (χ1) is 14.8. The highest BCUT2D eigenvalue weighted by Gasteiger charge is 2.16. The minimum atomic E-state index is -0.0181. The first-order valence-electron chi connectivity index (χ1n) is 10.6. The molecule has 0 aliphatic carbocycles. The van der Waals surface area contributed by atoms with Crippen molar-refractivity contribution < 1.29 is 4.79 Å². The smallest absolute Gasteiger partial charge is 0.228 e. The van der Waals surface area contributed by atoms with Gasteiger partial charge in [-0.1, -0.05) is 48.9 Å². The summed E-state index contributed by atoms with van der Waals surface area (Å²) in [6, 6.07) is 22.1. The highest BCUT2D eigenvalue weighted by molar-refractivity contribution is 5.96. The fourth-order valence-electron chi connectivity index (χ4n) is 4.23. The van der Waals surface area contributed by atoms with Crippen LogP contribution in [0.3, 0.4) is 0 Å². The summed E-state index contributed by atoms with van der Waals surface area (Å²) in [5.74, 6) is 1.98. The minimum absolute atomic E-state index is 0.0181. The van der Waals surface area contributed by atoms with Crippen molar-refractivity contribution in [3.8, 4) is 11.4 Å². The largest absolute Gasteiger partial charge is 0.326 e. The van der Waals surface area contributed by atoms with Crippen molar-refractivity contribution in [2.24, 2.45) is 0 Å². The van der Waals surface area contributed by atoms with Crippen LogP contribution in [0.1, 0.15) is 30.7 Å². The van der Waals surface area contributed by atoms with Crippen molar-refractivity contribution in [3.05, 3.63) is 78.1 Å². The molecule has 1 aliphatic rings. The molecule has 30 heavy (non-hydrogen) atoms. The topological polar surface area (TPSA) is 59.8 Å². The summed E-state index contributed by atoms with van der Waals surface area (Å²) < 4.78 is 2.24. The zero-order valence-electron chi connectivity index (χ0n) is 16.8. The van der Waals surface area contributed by atoms with Gasteiger partial charge in [0, 0.05) is 24.2 Å². The van der Waals surface area contributed by atoms with Crippen molar-refractivity contribution in [2.75, 3.05) is 5.32 Å². The number of nitrogens with zero attached hydrogens (tertiary/aromatic N) is 3. The van der Waals surface area contributed by atoms with Crippen molar-refractivity contribution in [2.45, 2.75) is 38.6 Å². The molecule has 1 amide bonds. The maximum atomic E-state index is 12.6. The van der Waals surface area contributed by atoms with Gasteiger partial charge in [0.2, 0.25) is 5.91 Å². The van der Waals surface area contributed by atoms with Crippen molar-refractivity contribution in [1.29, 1.82) is 0 Å². The van der Waals surface area contributed by atoms with Crippen LogP contribution in [0, 0.1) is 0 Å². The lowest BCUT2D eigenvalue weighted by atomic mass is 10.0. The molecule has 5 nitrogen and oxygen atoms in total. The minimum Gasteiger partial charge on any atom is -0.326 e. The predicted molar refractivity (Wildman–Crippen MR) is 119 cm³/mol. The summed E-state index contributed by atoms with van der Waals surface area (Å²) in [6.45, 7) is 0.973. The Morgan fingerprint density at radius 2 is 1.73 bits per heavy atom. The maximum Gasteiger partial charge on any atom is 0.228 e. The number of hydrogen-bond donors (Lipinski definition) is 1. The van der Waals surface area contributed by atoms with Crippen LogP contribution in [0.15, 0.2) is 66.7 Å². The number of benzene rings is 3. The lowest BCUT2D eigenvalue weighted by Crippen LogP contribution is -2.14. The van der Waals surface area contributed by atoms with Gasteiger partial charge < -0.3 is 9.88 Å². The quantitative estimate of drug-likeness (QED) is 0.528. The second-order valence-electron chi connectivity index (χ2n) is 7.84. The van der Waals surface area contributed by atoms with Gasteiger partial charge in [-0.2, -0.15) is 0 Å². The molecule has 5 heteroatoms. The van der Waals surface area contributed by atoms with Gasteiger partial charge in [0.15, 0.2) is 5.82 Å². The molecule has 0 saturated heterocycles. The Morgan fingerprint density at radius 3 is 2.63 bits per heavy atom. The van der Waals surface area contributed by atoms with E-state index in [0.717, 1.165) is 52.2 Å². The summed E-state index contributed by atoms with van der Waals surface area (Å²) in [7, 11) is 0. The average Bonchev–Trinajstić information content (AvgIpc) is 3.02. The molecule has 1 aliphatic heterocycles. The van der Waals surface area contributed by atoms with Crippen molar-refractivity contribution in [1.82, 2.24) is 14.8 Å². The molecule has 2 heterocycles. The number of hydrogen-bond acceptors (Lipinski definition) is 3. The Kier molecular flexibility index (Phi) is 5.01. The van der Waals surface area contributed by atoms with Crippen LogP contribution < -0.4 is 5.32 Å². The van der Waals surface area contributed by atoms with Gasteiger partial charge >= 0.3 is 0 Å². The third-order valence-corrected chi connectivity index (χ3v) is 5.77. The van der Waals surface area contributed by atoms with E-state index >= 15 is 0 Å². The molecular weight excluding hydrogens is 372 g/mol. The van der Waals surface area contributed by atoms with Crippen LogP contribution in [-0.4, -0.2) is 20.7 Å². The molecule has 5 rings (SSSR count). The van der Waals surface area contributed by atoms with Gasteiger partial charge in [-0.15, -0.1) is 10.2 Å². The van der Waals surface area contributed by atoms with Gasteiger partial charge in [0.1, 0.15) is 5.82 Å². The Morgan fingerprint density at radius 1 is 0.900 bits per heavy atom. The molecule has 0 bridgehead atoms. The fraction of sp³-hybridized carbons (Fsp3) is 0.240. The Hall–Kier alpha value is -3.47. The third kappa shape index (κ3) is 3.71. The van der Waals surface area contributed by atoms with Crippen LogP contribution in [0.5, 0.6) is 0 Å². The summed E-state index contributed by atoms with van der Waals surface area (Å²) in [4.78, 5) is 12.6. The molecule has 3 aromatic carbocycles. The molecule has 0 radical (unpaired) electrons. The zero-order chi connectivity index (χ0) is 20.3. The molecule has 0 saturated carbocycles. The molecule has 4 aromatic rings. The number of aryl methyl sites for hydroxylation is 1. The first kappa shape index (κ1) is 18.6. The second kappa shape index (κ2) is 8.11. The van der Waals surface area contributed by atoms with Gasteiger partial charge in [0.05, 0.1) is 6.42 Å². The lowest BCUT2D eigenvalue weighted by molar-refractivity contribution is -0.115. The monoisotopic (exact) mass is 396 g/mol. The van der Waals surface area contributed by atoms with Crippen LogP contribution in [-0.2, 0) is 24.2 Å². The highest BCUT2D eigenvalue weighted by Crippen LogP contribution is 2.24. The number of aromatic nitrogens is 3. The Bertz CT molecular complexity index is 1190. The summed E-state index contributed by atoms with van der Waals surface area (Å²) >= 11 is 0. The number of rotatable bonds is 4. The standard InChI is InChI=1S/C25H24N4O/c30-24(17-20-9-6-8-18-7-3-4-10-22(18)20)26-21-14-12-19(13-15-21)25-28-27-23-11-2-1-5-16-29(23)25/h3-4,6-10,12-15H,1-2,5,11,16-17H2,(H,26,30). The van der Waals surface area contributed by atoms with E-state index in [2.05, 4.69) is 38.3 Å². The molecule has 0 unspecified atom stereocenters. The fourth-order valence-corrected chi connectivity index (χ4v) is 4.23. The lowest BCUT2D eigenvalue weighted by Gasteiger charge is -2.10. The number of amides is 1. The molecule has 0 fully saturated rings. The Balaban J connectivity index is 1.30. The van der Waals surface area contributed by atoms with E-state index in [-0.39, 0.29) is 5.91 Å². The average molecular weight is 396 g/mol. The zero-order valence-corrected chi connectivity index (χ0v) is 16.8. The van der Waals surface area contributed by atoms with Crippen molar-refractivity contribution in [3.63, 3.8) is 0 Å². The van der Waals surface area contributed by atoms with E-state index in [1.54, 1.807) is 0 Å². The van der Waals surface area contributed by atoms with Crippen LogP contribution >= 0.6 is 0 Å². The summed E-state index contributed by atoms with van der Waals surface area (Å²) in [5.41, 5.74) is 2.86. The van der Waals surface area contributed by atoms with Crippen LogP contribution in [0.2, 0.25) is 0 Å². The molecule has 150 valence electrons. The van der Waals surface area contributed by atoms with Crippen molar-refractivity contribution >= 4 is 22.4 Å². The van der Waals surface area contributed by atoms with E-state index in [0.29, 0.717) is 6.42 Å². The molecular formula is C25H24N4O. The summed E-state index contributed by atoms with van der Waals surface area (Å²) in [5, 5.41) is 14.1. The maximum absolute atomic E-state index is 12.6. The number of carbonyl (C=O) groups is 1. The Labute approximate surface area is 175 Å². The van der Waals surface area contributed by atoms with Gasteiger partial charge in [0.25, 0.3) is 0 Å². The van der Waals surface area contributed by atoms with Gasteiger partial charge in [-0.25, -0.2) is 0 Å². The van der Waals surface area contributed by atoms with E-state index in [1.165, 1.54) is 19.3 Å². The number of anilines is 1. The normalized spacial score (nSPS) is 13.6. The van der Waals surface area contributed by atoms with E-state index in [1.807, 2.05) is 48.5 Å². The third-order valence-electron chi connectivity index (χ3n) is 5.77. The van der Waals surface area contributed by atoms with Gasteiger partial charge in [-0.05, 0) is 53.4 Å². The first-order valence-corrected chi connectivity index (χ1v) is 10.6.